The van der Waals surface area contributed by atoms with E-state index in [0.29, 0.717) is 11.8 Å². The fourth-order valence-electron chi connectivity index (χ4n) is 3.09. The maximum Gasteiger partial charge on any atom is 0.237 e. The Morgan fingerprint density at radius 3 is 2.50 bits per heavy atom. The Balaban J connectivity index is 2.30. The smallest absolute Gasteiger partial charge is 0.237 e. The molecule has 4 heteroatoms. The molecule has 0 heterocycles. The number of hydrogen-bond acceptors (Lipinski definition) is 3. The van der Waals surface area contributed by atoms with Gasteiger partial charge in [0.25, 0.3) is 0 Å². The summed E-state index contributed by atoms with van der Waals surface area (Å²) in [7, 11) is 0. The van der Waals surface area contributed by atoms with Gasteiger partial charge in [0.1, 0.15) is 0 Å². The van der Waals surface area contributed by atoms with Crippen LogP contribution in [0.2, 0.25) is 0 Å². The molecule has 118 valence electrons. The van der Waals surface area contributed by atoms with Gasteiger partial charge in [0.2, 0.25) is 5.91 Å². The molecule has 0 aliphatic heterocycles. The van der Waals surface area contributed by atoms with Gasteiger partial charge in [-0.3, -0.25) is 4.79 Å². The number of rotatable bonds is 8. The molecule has 0 aromatic carbocycles. The highest BCUT2D eigenvalue weighted by Crippen LogP contribution is 2.29. The molecule has 4 unspecified atom stereocenters. The van der Waals surface area contributed by atoms with E-state index < -0.39 is 0 Å². The summed E-state index contributed by atoms with van der Waals surface area (Å²) in [5.41, 5.74) is 0. The van der Waals surface area contributed by atoms with Crippen LogP contribution in [-0.4, -0.2) is 36.2 Å². The highest BCUT2D eigenvalue weighted by Gasteiger charge is 2.25. The first-order valence-electron chi connectivity index (χ1n) is 8.23. The molecule has 1 rings (SSSR count). The summed E-state index contributed by atoms with van der Waals surface area (Å²) < 4.78 is 0. The highest BCUT2D eigenvalue weighted by atomic mass is 16.3. The molecule has 0 bridgehead atoms. The van der Waals surface area contributed by atoms with Crippen molar-refractivity contribution in [3.8, 4) is 0 Å². The van der Waals surface area contributed by atoms with Gasteiger partial charge in [-0.05, 0) is 51.5 Å². The van der Waals surface area contributed by atoms with Crippen LogP contribution in [0.25, 0.3) is 0 Å². The molecule has 0 saturated heterocycles. The van der Waals surface area contributed by atoms with E-state index in [9.17, 15) is 9.90 Å². The van der Waals surface area contributed by atoms with Gasteiger partial charge in [-0.2, -0.15) is 0 Å². The minimum Gasteiger partial charge on any atom is -0.396 e. The van der Waals surface area contributed by atoms with Gasteiger partial charge in [-0.1, -0.05) is 26.2 Å². The van der Waals surface area contributed by atoms with Crippen LogP contribution in [-0.2, 0) is 4.79 Å². The second-order valence-electron chi connectivity index (χ2n) is 6.32. The Labute approximate surface area is 123 Å². The SMILES string of the molecule is CCCC(C)NC(=O)C(C)NCC1CCCCC1CO. The molecular formula is C16H32N2O2. The standard InChI is InChI=1S/C16H32N2O2/c1-4-7-12(2)18-16(20)13(3)17-10-14-8-5-6-9-15(14)11-19/h12-15,17,19H,4-11H2,1-3H3,(H,18,20). The number of aliphatic hydroxyl groups is 1. The van der Waals surface area contributed by atoms with Crippen molar-refractivity contribution in [1.29, 1.82) is 0 Å². The highest BCUT2D eigenvalue weighted by molar-refractivity contribution is 5.81. The van der Waals surface area contributed by atoms with Gasteiger partial charge in [-0.25, -0.2) is 0 Å². The summed E-state index contributed by atoms with van der Waals surface area (Å²) in [6, 6.07) is 0.0900. The predicted octanol–water partition coefficient (Wildman–Crippen LogP) is 2.07. The summed E-state index contributed by atoms with van der Waals surface area (Å²) in [4.78, 5) is 12.0. The normalized spacial score (nSPS) is 26.0. The van der Waals surface area contributed by atoms with Crippen molar-refractivity contribution in [2.75, 3.05) is 13.2 Å². The van der Waals surface area contributed by atoms with Crippen LogP contribution < -0.4 is 10.6 Å². The third-order valence-corrected chi connectivity index (χ3v) is 4.49. The maximum absolute atomic E-state index is 12.0. The molecule has 0 aromatic heterocycles. The zero-order chi connectivity index (χ0) is 15.0. The Bertz CT molecular complexity index is 284. The Kier molecular flexibility index (Phi) is 8.15. The van der Waals surface area contributed by atoms with E-state index in [-0.39, 0.29) is 24.6 Å². The van der Waals surface area contributed by atoms with Crippen LogP contribution >= 0.6 is 0 Å². The number of amides is 1. The van der Waals surface area contributed by atoms with Gasteiger partial charge in [-0.15, -0.1) is 0 Å². The molecule has 3 N–H and O–H groups in total. The second-order valence-corrected chi connectivity index (χ2v) is 6.32. The Morgan fingerprint density at radius 2 is 1.90 bits per heavy atom. The molecule has 1 aliphatic rings. The van der Waals surface area contributed by atoms with E-state index in [2.05, 4.69) is 24.5 Å². The average molecular weight is 284 g/mol. The number of carbonyl (C=O) groups is 1. The quantitative estimate of drug-likeness (QED) is 0.639. The molecule has 4 atom stereocenters. The summed E-state index contributed by atoms with van der Waals surface area (Å²) >= 11 is 0. The Hall–Kier alpha value is -0.610. The average Bonchev–Trinajstić information content (AvgIpc) is 2.45. The number of carbonyl (C=O) groups excluding carboxylic acids is 1. The lowest BCUT2D eigenvalue weighted by Crippen LogP contribution is -2.47. The van der Waals surface area contributed by atoms with Gasteiger partial charge in [0.15, 0.2) is 0 Å². The minimum absolute atomic E-state index is 0.0855. The lowest BCUT2D eigenvalue weighted by molar-refractivity contribution is -0.123. The molecule has 4 nitrogen and oxygen atoms in total. The van der Waals surface area contributed by atoms with Gasteiger partial charge in [0, 0.05) is 12.6 Å². The van der Waals surface area contributed by atoms with Crippen LogP contribution in [0.15, 0.2) is 0 Å². The topological polar surface area (TPSA) is 61.4 Å². The van der Waals surface area contributed by atoms with Crippen molar-refractivity contribution >= 4 is 5.91 Å². The first kappa shape index (κ1) is 17.4. The van der Waals surface area contributed by atoms with E-state index in [1.54, 1.807) is 0 Å². The van der Waals surface area contributed by atoms with Crippen molar-refractivity contribution < 1.29 is 9.90 Å². The summed E-state index contributed by atoms with van der Waals surface area (Å²) in [6.45, 7) is 7.21. The molecule has 1 amide bonds. The van der Waals surface area contributed by atoms with E-state index in [1.165, 1.54) is 19.3 Å². The van der Waals surface area contributed by atoms with Gasteiger partial charge in [0.05, 0.1) is 6.04 Å². The van der Waals surface area contributed by atoms with Gasteiger partial charge >= 0.3 is 0 Å². The van der Waals surface area contributed by atoms with Crippen molar-refractivity contribution in [2.45, 2.75) is 71.4 Å². The first-order chi connectivity index (χ1) is 9.58. The second kappa shape index (κ2) is 9.35. The summed E-state index contributed by atoms with van der Waals surface area (Å²) in [5.74, 6) is 1.00. The monoisotopic (exact) mass is 284 g/mol. The molecule has 20 heavy (non-hydrogen) atoms. The van der Waals surface area contributed by atoms with Gasteiger partial charge < -0.3 is 15.7 Å². The molecule has 1 fully saturated rings. The van der Waals surface area contributed by atoms with E-state index in [0.717, 1.165) is 25.8 Å². The fraction of sp³-hybridized carbons (Fsp3) is 0.938. The van der Waals surface area contributed by atoms with Crippen LogP contribution in [0.3, 0.4) is 0 Å². The van der Waals surface area contributed by atoms with Crippen LogP contribution in [0.5, 0.6) is 0 Å². The molecular weight excluding hydrogens is 252 g/mol. The fourth-order valence-corrected chi connectivity index (χ4v) is 3.09. The van der Waals surface area contributed by atoms with Crippen LogP contribution in [0.1, 0.15) is 59.3 Å². The number of aliphatic hydroxyl groups excluding tert-OH is 1. The summed E-state index contributed by atoms with van der Waals surface area (Å²) in [5, 5.41) is 15.8. The molecule has 0 aromatic rings. The lowest BCUT2D eigenvalue weighted by Gasteiger charge is -2.31. The molecule has 0 radical (unpaired) electrons. The molecule has 1 aliphatic carbocycles. The van der Waals surface area contributed by atoms with Crippen molar-refractivity contribution in [3.63, 3.8) is 0 Å². The van der Waals surface area contributed by atoms with E-state index in [4.69, 9.17) is 0 Å². The molecule has 0 spiro atoms. The third kappa shape index (κ3) is 5.80. The zero-order valence-electron chi connectivity index (χ0n) is 13.3. The minimum atomic E-state index is -0.157. The van der Waals surface area contributed by atoms with E-state index in [1.807, 2.05) is 6.92 Å². The van der Waals surface area contributed by atoms with Crippen molar-refractivity contribution in [2.24, 2.45) is 11.8 Å². The Morgan fingerprint density at radius 1 is 1.25 bits per heavy atom. The third-order valence-electron chi connectivity index (χ3n) is 4.49. The van der Waals surface area contributed by atoms with Crippen LogP contribution in [0.4, 0.5) is 0 Å². The summed E-state index contributed by atoms with van der Waals surface area (Å²) in [6.07, 6.45) is 6.87. The number of nitrogens with one attached hydrogen (secondary N) is 2. The zero-order valence-corrected chi connectivity index (χ0v) is 13.3. The van der Waals surface area contributed by atoms with Crippen LogP contribution in [0, 0.1) is 11.8 Å². The first-order valence-corrected chi connectivity index (χ1v) is 8.23. The molecule has 1 saturated carbocycles. The lowest BCUT2D eigenvalue weighted by atomic mass is 9.79. The number of hydrogen-bond donors (Lipinski definition) is 3. The maximum atomic E-state index is 12.0. The predicted molar refractivity (Wildman–Crippen MR) is 82.5 cm³/mol. The van der Waals surface area contributed by atoms with Crippen molar-refractivity contribution in [1.82, 2.24) is 10.6 Å². The van der Waals surface area contributed by atoms with E-state index >= 15 is 0 Å². The van der Waals surface area contributed by atoms with Crippen molar-refractivity contribution in [3.05, 3.63) is 0 Å². The largest absolute Gasteiger partial charge is 0.396 e.